The van der Waals surface area contributed by atoms with E-state index in [0.29, 0.717) is 6.10 Å². The van der Waals surface area contributed by atoms with Crippen LogP contribution in [0.1, 0.15) is 13.3 Å². The first kappa shape index (κ1) is 12.6. The van der Waals surface area contributed by atoms with E-state index in [2.05, 4.69) is 25.8 Å². The number of hydrogen-bond acceptors (Lipinski definition) is 2. The first-order chi connectivity index (χ1) is 5.06. The summed E-state index contributed by atoms with van der Waals surface area (Å²) in [6.45, 7) is 8.49. The van der Waals surface area contributed by atoms with Gasteiger partial charge >= 0.3 is 0 Å². The van der Waals surface area contributed by atoms with E-state index in [1.807, 2.05) is 0 Å². The fraction of sp³-hybridized carbons (Fsp3) is 0.889. The molecule has 12 heavy (non-hydrogen) atoms. The zero-order valence-electron chi connectivity index (χ0n) is 8.17. The van der Waals surface area contributed by atoms with E-state index in [1.54, 1.807) is 7.11 Å². The van der Waals surface area contributed by atoms with E-state index in [4.69, 9.17) is 4.74 Å². The Morgan fingerprint density at radius 1 is 1.58 bits per heavy atom. The van der Waals surface area contributed by atoms with Crippen LogP contribution >= 0.6 is 0 Å². The van der Waals surface area contributed by atoms with Gasteiger partial charge in [0.25, 0.3) is 0 Å². The molecule has 0 unspecified atom stereocenters. The van der Waals surface area contributed by atoms with Gasteiger partial charge in [-0.1, -0.05) is 6.92 Å². The second kappa shape index (κ2) is 4.74. The third kappa shape index (κ3) is 2.83. The van der Waals surface area contributed by atoms with Crippen molar-refractivity contribution in [3.05, 3.63) is 6.92 Å². The molecule has 0 aromatic heterocycles. The quantitative estimate of drug-likeness (QED) is 0.513. The Morgan fingerprint density at radius 3 is 2.58 bits per heavy atom. The Bertz CT molecular complexity index is 138. The minimum Gasteiger partial charge on any atom is -0.383 e. The Morgan fingerprint density at radius 2 is 2.17 bits per heavy atom. The maximum absolute atomic E-state index is 5.37. The van der Waals surface area contributed by atoms with E-state index in [9.17, 15) is 0 Å². The molecule has 0 aromatic carbocycles. The van der Waals surface area contributed by atoms with E-state index in [-0.39, 0.29) is 26.5 Å². The van der Waals surface area contributed by atoms with Gasteiger partial charge in [-0.05, 0) is 20.0 Å². The van der Waals surface area contributed by atoms with E-state index < -0.39 is 0 Å². The van der Waals surface area contributed by atoms with Crippen molar-refractivity contribution in [3.8, 4) is 0 Å². The Kier molecular flexibility index (Phi) is 4.98. The standard InChI is InChI=1S/C9H18NO.Mo/c1-9(2)7-10(3)6-5-8(9)11-4;/h8H,1,5-7H2,2-4H3;/q-1;/t8-,9-;/m0./s1. The second-order valence-corrected chi connectivity index (χ2v) is 3.90. The summed E-state index contributed by atoms with van der Waals surface area (Å²) in [5.41, 5.74) is 0.0712. The Balaban J connectivity index is 0.00000121. The molecule has 1 aliphatic rings. The van der Waals surface area contributed by atoms with Crippen LogP contribution in [-0.2, 0) is 25.8 Å². The molecule has 0 amide bonds. The third-order valence-electron chi connectivity index (χ3n) is 2.47. The number of methoxy groups -OCH3 is 1. The van der Waals surface area contributed by atoms with Gasteiger partial charge in [-0.15, -0.1) is 5.41 Å². The smallest absolute Gasteiger partial charge is 0.0376 e. The summed E-state index contributed by atoms with van der Waals surface area (Å²) in [5, 5.41) is 0. The van der Waals surface area contributed by atoms with Crippen molar-refractivity contribution in [2.75, 3.05) is 27.2 Å². The van der Waals surface area contributed by atoms with Crippen LogP contribution < -0.4 is 0 Å². The monoisotopic (exact) mass is 254 g/mol. The average molecular weight is 252 g/mol. The number of rotatable bonds is 1. The molecule has 0 aliphatic carbocycles. The van der Waals surface area contributed by atoms with Crippen LogP contribution in [0.5, 0.6) is 0 Å². The second-order valence-electron chi connectivity index (χ2n) is 3.90. The van der Waals surface area contributed by atoms with Crippen molar-refractivity contribution in [2.45, 2.75) is 19.4 Å². The van der Waals surface area contributed by atoms with Crippen molar-refractivity contribution >= 4 is 0 Å². The van der Waals surface area contributed by atoms with Crippen LogP contribution in [0.25, 0.3) is 0 Å². The summed E-state index contributed by atoms with van der Waals surface area (Å²) < 4.78 is 5.37. The van der Waals surface area contributed by atoms with Crippen LogP contribution in [0.15, 0.2) is 0 Å². The van der Waals surface area contributed by atoms with Crippen molar-refractivity contribution in [3.63, 3.8) is 0 Å². The summed E-state index contributed by atoms with van der Waals surface area (Å²) in [5.74, 6) is 0. The van der Waals surface area contributed by atoms with Crippen molar-refractivity contribution < 1.29 is 25.8 Å². The molecule has 0 N–H and O–H groups in total. The molecule has 72 valence electrons. The van der Waals surface area contributed by atoms with Crippen LogP contribution in [0.3, 0.4) is 0 Å². The van der Waals surface area contributed by atoms with Gasteiger partial charge in [-0.2, -0.15) is 0 Å². The molecule has 0 bridgehead atoms. The summed E-state index contributed by atoms with van der Waals surface area (Å²) in [6.07, 6.45) is 1.44. The minimum atomic E-state index is 0. The number of ether oxygens (including phenoxy) is 1. The fourth-order valence-corrected chi connectivity index (χ4v) is 1.89. The van der Waals surface area contributed by atoms with Gasteiger partial charge in [0.15, 0.2) is 0 Å². The molecule has 0 spiro atoms. The summed E-state index contributed by atoms with van der Waals surface area (Å²) >= 11 is 0. The first-order valence-corrected chi connectivity index (χ1v) is 4.13. The Labute approximate surface area is 89.9 Å². The molecular formula is C9H18MoNO-. The topological polar surface area (TPSA) is 12.5 Å². The molecule has 2 nitrogen and oxygen atoms in total. The van der Waals surface area contributed by atoms with Crippen molar-refractivity contribution in [2.24, 2.45) is 5.41 Å². The predicted octanol–water partition coefficient (Wildman–Crippen LogP) is 1.17. The van der Waals surface area contributed by atoms with E-state index >= 15 is 0 Å². The van der Waals surface area contributed by atoms with Crippen LogP contribution in [0.2, 0.25) is 0 Å². The summed E-state index contributed by atoms with van der Waals surface area (Å²) in [4.78, 5) is 2.31. The molecule has 0 aromatic rings. The molecule has 0 radical (unpaired) electrons. The normalized spacial score (nSPS) is 37.5. The molecule has 0 saturated carbocycles. The molecule has 1 aliphatic heterocycles. The molecule has 3 heteroatoms. The zero-order valence-corrected chi connectivity index (χ0v) is 10.2. The maximum atomic E-state index is 5.37. The third-order valence-corrected chi connectivity index (χ3v) is 2.47. The average Bonchev–Trinajstić information content (AvgIpc) is 1.85. The van der Waals surface area contributed by atoms with Gasteiger partial charge in [0, 0.05) is 40.8 Å². The predicted molar refractivity (Wildman–Crippen MR) is 46.4 cm³/mol. The van der Waals surface area contributed by atoms with Gasteiger partial charge in [-0.3, -0.25) is 0 Å². The zero-order chi connectivity index (χ0) is 8.48. The fourth-order valence-electron chi connectivity index (χ4n) is 1.89. The molecule has 1 saturated heterocycles. The largest absolute Gasteiger partial charge is 0.383 e. The summed E-state index contributed by atoms with van der Waals surface area (Å²) in [7, 11) is 3.91. The van der Waals surface area contributed by atoms with Gasteiger partial charge in [0.2, 0.25) is 0 Å². The first-order valence-electron chi connectivity index (χ1n) is 4.13. The van der Waals surface area contributed by atoms with E-state index in [1.165, 1.54) is 0 Å². The van der Waals surface area contributed by atoms with Crippen molar-refractivity contribution in [1.29, 1.82) is 0 Å². The summed E-state index contributed by atoms with van der Waals surface area (Å²) in [6, 6.07) is 0. The van der Waals surface area contributed by atoms with Crippen LogP contribution in [0, 0.1) is 12.3 Å². The van der Waals surface area contributed by atoms with Gasteiger partial charge in [0.05, 0.1) is 0 Å². The maximum Gasteiger partial charge on any atom is 0.0376 e. The number of nitrogens with zero attached hydrogens (tertiary/aromatic N) is 1. The van der Waals surface area contributed by atoms with Gasteiger partial charge in [-0.25, -0.2) is 0 Å². The van der Waals surface area contributed by atoms with Crippen molar-refractivity contribution in [1.82, 2.24) is 4.90 Å². The molecule has 2 atom stereocenters. The number of likely N-dealkylation sites (tertiary alicyclic amines) is 1. The van der Waals surface area contributed by atoms with Crippen LogP contribution in [0.4, 0.5) is 0 Å². The number of piperidine rings is 1. The van der Waals surface area contributed by atoms with Crippen LogP contribution in [-0.4, -0.2) is 38.3 Å². The molecule has 1 rings (SSSR count). The molecule has 1 heterocycles. The van der Waals surface area contributed by atoms with E-state index in [0.717, 1.165) is 19.5 Å². The SMILES string of the molecule is [CH2-][C@]1(C)CN(C)CC[C@@H]1OC.[Mo]. The Hall–Kier alpha value is 0.608. The van der Waals surface area contributed by atoms with Gasteiger partial charge in [0.1, 0.15) is 0 Å². The number of hydrogen-bond donors (Lipinski definition) is 0. The van der Waals surface area contributed by atoms with Gasteiger partial charge < -0.3 is 16.6 Å². The molecule has 1 fully saturated rings. The minimum absolute atomic E-state index is 0. The molecular weight excluding hydrogens is 234 g/mol.